The van der Waals surface area contributed by atoms with Gasteiger partial charge in [0.05, 0.1) is 6.42 Å². The molecule has 39 heavy (non-hydrogen) atoms. The number of hydrogen-bond acceptors (Lipinski definition) is 7. The number of hydrogen-bond donors (Lipinski definition) is 0. The molecule has 0 aromatic heterocycles. The van der Waals surface area contributed by atoms with Crippen molar-refractivity contribution in [2.24, 2.45) is 11.8 Å². The Kier molecular flexibility index (Phi) is 28.1. The summed E-state index contributed by atoms with van der Waals surface area (Å²) in [6.07, 6.45) is 14.0. The van der Waals surface area contributed by atoms with E-state index in [2.05, 4.69) is 34.3 Å². The molecule has 0 aromatic carbocycles. The predicted molar refractivity (Wildman–Crippen MR) is 159 cm³/mol. The van der Waals surface area contributed by atoms with Gasteiger partial charge in [-0.25, -0.2) is 0 Å². The van der Waals surface area contributed by atoms with Crippen LogP contribution in [0.1, 0.15) is 125 Å². The van der Waals surface area contributed by atoms with Crippen LogP contribution in [0, 0.1) is 11.8 Å². The van der Waals surface area contributed by atoms with E-state index in [9.17, 15) is 14.4 Å². The number of carbonyl (C=O) groups excluding carboxylic acids is 3. The highest BCUT2D eigenvalue weighted by atomic mass is 16.7. The van der Waals surface area contributed by atoms with Crippen LogP contribution in [-0.2, 0) is 33.3 Å². The SMILES string of the molecule is C=C1OCC(CCC)O1.CCCC1CC(=O)CC1=O.CCCC1CCC(=O)C1.CCCCOC.CCCOC. The van der Waals surface area contributed by atoms with Crippen LogP contribution in [0.5, 0.6) is 0 Å². The molecule has 0 radical (unpaired) electrons. The van der Waals surface area contributed by atoms with Crippen LogP contribution in [0.15, 0.2) is 12.5 Å². The molecule has 0 amide bonds. The minimum atomic E-state index is 0.0671. The second kappa shape index (κ2) is 27.8. The number of ether oxygens (including phenoxy) is 4. The molecule has 3 fully saturated rings. The van der Waals surface area contributed by atoms with Crippen LogP contribution in [-0.4, -0.2) is 57.5 Å². The first-order chi connectivity index (χ1) is 18.7. The number of carbonyl (C=O) groups is 3. The van der Waals surface area contributed by atoms with Crippen molar-refractivity contribution in [3.05, 3.63) is 12.5 Å². The molecule has 7 nitrogen and oxygen atoms in total. The maximum absolute atomic E-state index is 11.0. The molecular weight excluding hydrogens is 496 g/mol. The molecule has 1 heterocycles. The molecule has 3 aliphatic rings. The van der Waals surface area contributed by atoms with Crippen molar-refractivity contribution in [3.63, 3.8) is 0 Å². The zero-order chi connectivity index (χ0) is 29.9. The van der Waals surface area contributed by atoms with Crippen molar-refractivity contribution in [2.75, 3.05) is 34.0 Å². The van der Waals surface area contributed by atoms with E-state index >= 15 is 0 Å². The van der Waals surface area contributed by atoms with E-state index in [0.29, 0.717) is 24.8 Å². The topological polar surface area (TPSA) is 88.1 Å². The van der Waals surface area contributed by atoms with Crippen molar-refractivity contribution in [1.82, 2.24) is 0 Å². The molecule has 7 heteroatoms. The fraction of sp³-hybridized carbons (Fsp3) is 0.844. The lowest BCUT2D eigenvalue weighted by molar-refractivity contribution is -0.123. The Hall–Kier alpha value is -1.73. The lowest BCUT2D eigenvalue weighted by Gasteiger charge is -2.02. The second-order valence-electron chi connectivity index (χ2n) is 10.4. The average molecular weight is 557 g/mol. The van der Waals surface area contributed by atoms with E-state index < -0.39 is 0 Å². The summed E-state index contributed by atoms with van der Waals surface area (Å²) in [6.45, 7) is 16.6. The van der Waals surface area contributed by atoms with Gasteiger partial charge in [0.2, 0.25) is 0 Å². The molecular formula is C32H60O7. The first-order valence-electron chi connectivity index (χ1n) is 15.2. The third kappa shape index (κ3) is 23.8. The number of rotatable bonds is 11. The first-order valence-corrected chi connectivity index (χ1v) is 15.2. The summed E-state index contributed by atoms with van der Waals surface area (Å²) in [5.74, 6) is 2.05. The molecule has 2 aliphatic carbocycles. The Morgan fingerprint density at radius 1 is 0.795 bits per heavy atom. The summed E-state index contributed by atoms with van der Waals surface area (Å²) in [7, 11) is 3.44. The van der Waals surface area contributed by atoms with Crippen LogP contribution in [0.4, 0.5) is 0 Å². The fourth-order valence-corrected chi connectivity index (χ4v) is 4.35. The molecule has 3 rings (SSSR count). The third-order valence-corrected chi connectivity index (χ3v) is 6.43. The molecule has 1 saturated heterocycles. The van der Waals surface area contributed by atoms with Crippen molar-refractivity contribution in [3.8, 4) is 0 Å². The summed E-state index contributed by atoms with van der Waals surface area (Å²) in [5, 5.41) is 0. The van der Waals surface area contributed by atoms with Crippen LogP contribution in [0.25, 0.3) is 0 Å². The van der Waals surface area contributed by atoms with Gasteiger partial charge < -0.3 is 18.9 Å². The Morgan fingerprint density at radius 3 is 1.77 bits per heavy atom. The lowest BCUT2D eigenvalue weighted by atomic mass is 10.0. The Bertz CT molecular complexity index is 598. The van der Waals surface area contributed by atoms with Gasteiger partial charge in [0.25, 0.3) is 5.95 Å². The Labute approximate surface area is 239 Å². The zero-order valence-electron chi connectivity index (χ0n) is 26.3. The van der Waals surface area contributed by atoms with Crippen molar-refractivity contribution in [1.29, 1.82) is 0 Å². The minimum Gasteiger partial charge on any atom is -0.462 e. The molecule has 2 saturated carbocycles. The normalized spacial score (nSPS) is 21.3. The summed E-state index contributed by atoms with van der Waals surface area (Å²) >= 11 is 0. The molecule has 1 aliphatic heterocycles. The van der Waals surface area contributed by atoms with Crippen molar-refractivity contribution < 1.29 is 33.3 Å². The molecule has 3 atom stereocenters. The molecule has 3 unspecified atom stereocenters. The van der Waals surface area contributed by atoms with Crippen LogP contribution >= 0.6 is 0 Å². The highest BCUT2D eigenvalue weighted by molar-refractivity contribution is 6.06. The van der Waals surface area contributed by atoms with E-state index in [0.717, 1.165) is 70.5 Å². The van der Waals surface area contributed by atoms with E-state index in [4.69, 9.17) is 18.9 Å². The predicted octanol–water partition coefficient (Wildman–Crippen LogP) is 7.64. The number of ketones is 3. The maximum atomic E-state index is 11.0. The van der Waals surface area contributed by atoms with Gasteiger partial charge >= 0.3 is 0 Å². The molecule has 230 valence electrons. The standard InChI is InChI=1S/C8H12O2.C8H14O.C7H12O2.C5H12O.C4H10O/c1-2-3-6-4-7(9)5-8(6)10;1-2-3-7-4-5-8(9)6-7;1-3-4-7-5-8-6(2)9-7;1-3-4-5-6-2;1-3-4-5-2/h6H,2-5H2,1H3;7H,2-6H2,1H3;7H,2-5H2,1H3;3-5H2,1-2H3;3-4H2,1-2H3. The summed E-state index contributed by atoms with van der Waals surface area (Å²) in [4.78, 5) is 32.4. The number of unbranched alkanes of at least 4 members (excludes halogenated alkanes) is 1. The van der Waals surface area contributed by atoms with E-state index in [1.807, 2.05) is 6.92 Å². The quantitative estimate of drug-likeness (QED) is 0.191. The highest BCUT2D eigenvalue weighted by Crippen LogP contribution is 2.25. The smallest absolute Gasteiger partial charge is 0.272 e. The maximum Gasteiger partial charge on any atom is 0.272 e. The largest absolute Gasteiger partial charge is 0.462 e. The van der Waals surface area contributed by atoms with Crippen molar-refractivity contribution in [2.45, 2.75) is 131 Å². The highest BCUT2D eigenvalue weighted by Gasteiger charge is 2.29. The molecule has 0 bridgehead atoms. The monoisotopic (exact) mass is 556 g/mol. The summed E-state index contributed by atoms with van der Waals surface area (Å²) < 4.78 is 19.7. The van der Waals surface area contributed by atoms with Gasteiger partial charge in [0.1, 0.15) is 30.1 Å². The number of methoxy groups -OCH3 is 2. The van der Waals surface area contributed by atoms with Crippen molar-refractivity contribution >= 4 is 17.3 Å². The lowest BCUT2D eigenvalue weighted by Crippen LogP contribution is -2.07. The molecule has 0 aromatic rings. The molecule has 0 N–H and O–H groups in total. The van der Waals surface area contributed by atoms with Gasteiger partial charge in [-0.05, 0) is 44.6 Å². The van der Waals surface area contributed by atoms with Gasteiger partial charge in [-0.3, -0.25) is 14.4 Å². The van der Waals surface area contributed by atoms with Crippen LogP contribution < -0.4 is 0 Å². The van der Waals surface area contributed by atoms with E-state index in [-0.39, 0.29) is 30.0 Å². The first kappa shape index (κ1) is 39.4. The Balaban J connectivity index is 0. The van der Waals surface area contributed by atoms with Crippen LogP contribution in [0.3, 0.4) is 0 Å². The van der Waals surface area contributed by atoms with Gasteiger partial charge in [-0.15, -0.1) is 0 Å². The fourth-order valence-electron chi connectivity index (χ4n) is 4.35. The number of Topliss-reactive ketones (excluding diaryl/α,β-unsaturated/α-hetero) is 3. The average Bonchev–Trinajstić information content (AvgIpc) is 3.60. The van der Waals surface area contributed by atoms with Gasteiger partial charge in [0.15, 0.2) is 0 Å². The summed E-state index contributed by atoms with van der Waals surface area (Å²) in [6, 6.07) is 0. The third-order valence-electron chi connectivity index (χ3n) is 6.43. The minimum absolute atomic E-state index is 0.0671. The van der Waals surface area contributed by atoms with E-state index in [1.165, 1.54) is 25.7 Å². The van der Waals surface area contributed by atoms with Crippen LogP contribution in [0.2, 0.25) is 0 Å². The van der Waals surface area contributed by atoms with E-state index in [1.54, 1.807) is 14.2 Å². The Morgan fingerprint density at radius 2 is 1.44 bits per heavy atom. The molecule has 0 spiro atoms. The van der Waals surface area contributed by atoms with Gasteiger partial charge in [-0.2, -0.15) is 0 Å². The summed E-state index contributed by atoms with van der Waals surface area (Å²) in [5.41, 5.74) is 0. The zero-order valence-corrected chi connectivity index (χ0v) is 26.3. The van der Waals surface area contributed by atoms with Gasteiger partial charge in [0, 0.05) is 52.6 Å². The van der Waals surface area contributed by atoms with Gasteiger partial charge in [-0.1, -0.05) is 66.7 Å². The second-order valence-corrected chi connectivity index (χ2v) is 10.4.